The van der Waals surface area contributed by atoms with Gasteiger partial charge in [0.15, 0.2) is 0 Å². The number of non-ortho nitro benzene ring substituents is 1. The van der Waals surface area contributed by atoms with E-state index in [0.29, 0.717) is 22.6 Å². The molecular formula is C23H26N4O9. The summed E-state index contributed by atoms with van der Waals surface area (Å²) in [5, 5.41) is 25.2. The fourth-order valence-corrected chi connectivity index (χ4v) is 3.92. The summed E-state index contributed by atoms with van der Waals surface area (Å²) in [4.78, 5) is 48.1. The number of nitro groups is 2. The monoisotopic (exact) mass is 502 g/mol. The minimum absolute atomic E-state index is 0.0126. The number of benzene rings is 2. The van der Waals surface area contributed by atoms with Crippen molar-refractivity contribution in [3.05, 3.63) is 61.7 Å². The molecule has 0 saturated carbocycles. The van der Waals surface area contributed by atoms with Gasteiger partial charge in [-0.25, -0.2) is 4.79 Å². The van der Waals surface area contributed by atoms with Crippen molar-refractivity contribution in [2.45, 2.75) is 38.8 Å². The van der Waals surface area contributed by atoms with E-state index in [1.807, 2.05) is 0 Å². The van der Waals surface area contributed by atoms with E-state index in [4.69, 9.17) is 14.2 Å². The molecule has 13 heteroatoms. The lowest BCUT2D eigenvalue weighted by Crippen LogP contribution is -2.48. The number of carbonyl (C=O) groups is 2. The summed E-state index contributed by atoms with van der Waals surface area (Å²) in [5.74, 6) is 0.377. The van der Waals surface area contributed by atoms with Crippen LogP contribution in [0.25, 0.3) is 0 Å². The van der Waals surface area contributed by atoms with Gasteiger partial charge >= 0.3 is 6.09 Å². The van der Waals surface area contributed by atoms with E-state index in [-0.39, 0.29) is 18.7 Å². The molecule has 2 aromatic carbocycles. The molecule has 0 unspecified atom stereocenters. The Kier molecular flexibility index (Phi) is 7.32. The molecular weight excluding hydrogens is 476 g/mol. The highest BCUT2D eigenvalue weighted by molar-refractivity contribution is 6.02. The number of nitro benzene ring substituents is 2. The standard InChI is InChI=1S/C23H26N4O9/c1-13(24-22(29)36-23(2,3)15-9-17(34-4)12-18(10-15)35-5)21(28)25-7-6-14-8-16(26(30)31)11-19(20(14)25)27(32)33/h8-13H,6-7H2,1-5H3,(H,24,29)/t13-/m1/s1. The van der Waals surface area contributed by atoms with Gasteiger partial charge in [0.25, 0.3) is 11.4 Å². The zero-order valence-corrected chi connectivity index (χ0v) is 20.4. The Hall–Kier alpha value is -4.42. The van der Waals surface area contributed by atoms with E-state index < -0.39 is 44.9 Å². The van der Waals surface area contributed by atoms with Crippen LogP contribution in [0, 0.1) is 20.2 Å². The first-order valence-electron chi connectivity index (χ1n) is 10.9. The summed E-state index contributed by atoms with van der Waals surface area (Å²) in [6, 6.07) is 5.97. The Bertz CT molecular complexity index is 1210. The van der Waals surface area contributed by atoms with Crippen molar-refractivity contribution < 1.29 is 33.6 Å². The molecule has 0 saturated heterocycles. The SMILES string of the molecule is COc1cc(OC)cc(C(C)(C)OC(=O)N[C@H](C)C(=O)N2CCc3cc([N+](=O)[O-])cc([N+](=O)[O-])c32)c1. The molecule has 0 bridgehead atoms. The van der Waals surface area contributed by atoms with Gasteiger partial charge < -0.3 is 24.4 Å². The molecule has 1 aliphatic rings. The normalized spacial score (nSPS) is 13.4. The zero-order valence-electron chi connectivity index (χ0n) is 20.4. The number of fused-ring (bicyclic) bond motifs is 1. The summed E-state index contributed by atoms with van der Waals surface area (Å²) in [7, 11) is 2.98. The van der Waals surface area contributed by atoms with Gasteiger partial charge in [0, 0.05) is 24.2 Å². The Labute approximate surface area is 206 Å². The van der Waals surface area contributed by atoms with Crippen molar-refractivity contribution in [3.63, 3.8) is 0 Å². The van der Waals surface area contributed by atoms with Gasteiger partial charge in [-0.15, -0.1) is 0 Å². The topological polar surface area (TPSA) is 163 Å². The predicted octanol–water partition coefficient (Wildman–Crippen LogP) is 3.46. The fourth-order valence-electron chi connectivity index (χ4n) is 3.92. The van der Waals surface area contributed by atoms with Gasteiger partial charge in [-0.05, 0) is 44.9 Å². The van der Waals surface area contributed by atoms with Crippen LogP contribution in [0.1, 0.15) is 31.9 Å². The Morgan fingerprint density at radius 2 is 1.64 bits per heavy atom. The Morgan fingerprint density at radius 1 is 1.03 bits per heavy atom. The third-order valence-corrected chi connectivity index (χ3v) is 5.80. The molecule has 0 fully saturated rings. The van der Waals surface area contributed by atoms with Gasteiger partial charge in [0.1, 0.15) is 28.8 Å². The molecule has 1 atom stereocenters. The van der Waals surface area contributed by atoms with E-state index in [9.17, 15) is 29.8 Å². The van der Waals surface area contributed by atoms with E-state index in [1.165, 1.54) is 27.2 Å². The second-order valence-corrected chi connectivity index (χ2v) is 8.59. The van der Waals surface area contributed by atoms with E-state index in [1.54, 1.807) is 32.0 Å². The van der Waals surface area contributed by atoms with Gasteiger partial charge in [0.2, 0.25) is 5.91 Å². The Balaban J connectivity index is 1.77. The molecule has 0 radical (unpaired) electrons. The first kappa shape index (κ1) is 26.2. The maximum atomic E-state index is 13.1. The first-order valence-corrected chi connectivity index (χ1v) is 10.9. The number of anilines is 1. The highest BCUT2D eigenvalue weighted by Gasteiger charge is 2.37. The molecule has 13 nitrogen and oxygen atoms in total. The number of carbonyl (C=O) groups excluding carboxylic acids is 2. The number of nitrogens with one attached hydrogen (secondary N) is 1. The molecule has 1 heterocycles. The first-order chi connectivity index (χ1) is 16.9. The summed E-state index contributed by atoms with van der Waals surface area (Å²) in [6.07, 6.45) is -0.689. The van der Waals surface area contributed by atoms with Crippen LogP contribution in [0.3, 0.4) is 0 Å². The number of amides is 2. The summed E-state index contributed by atoms with van der Waals surface area (Å²) >= 11 is 0. The van der Waals surface area contributed by atoms with Crippen LogP contribution in [0.4, 0.5) is 21.9 Å². The zero-order chi connectivity index (χ0) is 26.8. The smallest absolute Gasteiger partial charge is 0.408 e. The third-order valence-electron chi connectivity index (χ3n) is 5.80. The van der Waals surface area contributed by atoms with Crippen molar-refractivity contribution >= 4 is 29.1 Å². The van der Waals surface area contributed by atoms with Gasteiger partial charge in [-0.1, -0.05) is 0 Å². The number of nitrogens with zero attached hydrogens (tertiary/aromatic N) is 3. The van der Waals surface area contributed by atoms with Crippen LogP contribution in [0.15, 0.2) is 30.3 Å². The maximum Gasteiger partial charge on any atom is 0.408 e. The van der Waals surface area contributed by atoms with Crippen molar-refractivity contribution in [3.8, 4) is 11.5 Å². The molecule has 1 aliphatic heterocycles. The number of alkyl carbamates (subject to hydrolysis) is 1. The summed E-state index contributed by atoms with van der Waals surface area (Å²) in [6.45, 7) is 4.80. The fraction of sp³-hybridized carbons (Fsp3) is 0.391. The van der Waals surface area contributed by atoms with Gasteiger partial charge in [-0.2, -0.15) is 0 Å². The molecule has 0 aromatic heterocycles. The molecule has 36 heavy (non-hydrogen) atoms. The van der Waals surface area contributed by atoms with Gasteiger partial charge in [-0.3, -0.25) is 25.0 Å². The lowest BCUT2D eigenvalue weighted by Gasteiger charge is -2.28. The van der Waals surface area contributed by atoms with E-state index >= 15 is 0 Å². The van der Waals surface area contributed by atoms with Crippen LogP contribution in [-0.2, 0) is 21.6 Å². The summed E-state index contributed by atoms with van der Waals surface area (Å²) < 4.78 is 16.1. The van der Waals surface area contributed by atoms with Crippen LogP contribution < -0.4 is 19.7 Å². The lowest BCUT2D eigenvalue weighted by atomic mass is 9.97. The highest BCUT2D eigenvalue weighted by atomic mass is 16.6. The third kappa shape index (κ3) is 5.29. The lowest BCUT2D eigenvalue weighted by molar-refractivity contribution is -0.393. The second kappa shape index (κ2) is 10.1. The molecule has 2 aromatic rings. The molecule has 192 valence electrons. The van der Waals surface area contributed by atoms with Crippen LogP contribution in [-0.4, -0.2) is 48.7 Å². The minimum atomic E-state index is -1.13. The van der Waals surface area contributed by atoms with Crippen LogP contribution in [0.2, 0.25) is 0 Å². The number of ether oxygens (including phenoxy) is 3. The predicted molar refractivity (Wildman–Crippen MR) is 127 cm³/mol. The maximum absolute atomic E-state index is 13.1. The largest absolute Gasteiger partial charge is 0.497 e. The van der Waals surface area contributed by atoms with Crippen molar-refractivity contribution in [2.75, 3.05) is 25.7 Å². The van der Waals surface area contributed by atoms with Crippen LogP contribution in [0.5, 0.6) is 11.5 Å². The molecule has 1 N–H and O–H groups in total. The van der Waals surface area contributed by atoms with Gasteiger partial charge in [0.05, 0.1) is 30.1 Å². The molecule has 3 rings (SSSR count). The molecule has 0 spiro atoms. The summed E-state index contributed by atoms with van der Waals surface area (Å²) in [5.41, 5.74) is -1.23. The second-order valence-electron chi connectivity index (χ2n) is 8.59. The van der Waals surface area contributed by atoms with Crippen LogP contribution >= 0.6 is 0 Å². The number of hydrogen-bond acceptors (Lipinski definition) is 9. The molecule has 0 aliphatic carbocycles. The Morgan fingerprint density at radius 3 is 2.17 bits per heavy atom. The van der Waals surface area contributed by atoms with Crippen molar-refractivity contribution in [1.82, 2.24) is 5.32 Å². The highest BCUT2D eigenvalue weighted by Crippen LogP contribution is 2.40. The minimum Gasteiger partial charge on any atom is -0.497 e. The van der Waals surface area contributed by atoms with Crippen molar-refractivity contribution in [1.29, 1.82) is 0 Å². The number of methoxy groups -OCH3 is 2. The van der Waals surface area contributed by atoms with E-state index in [0.717, 1.165) is 11.0 Å². The van der Waals surface area contributed by atoms with Crippen molar-refractivity contribution in [2.24, 2.45) is 0 Å². The average Bonchev–Trinajstić information content (AvgIpc) is 3.25. The number of hydrogen-bond donors (Lipinski definition) is 1. The average molecular weight is 502 g/mol. The molecule has 2 amide bonds. The quantitative estimate of drug-likeness (QED) is 0.420. The number of rotatable bonds is 8. The van der Waals surface area contributed by atoms with E-state index in [2.05, 4.69) is 5.32 Å².